The Labute approximate surface area is 310 Å². The van der Waals surface area contributed by atoms with Gasteiger partial charge in [-0.15, -0.1) is 0 Å². The van der Waals surface area contributed by atoms with Crippen LogP contribution in [-0.2, 0) is 30.1 Å². The third kappa shape index (κ3) is 9.82. The molecule has 3 aliphatic heterocycles. The Bertz CT molecular complexity index is 1470. The first-order valence-corrected chi connectivity index (χ1v) is 17.3. The molecule has 1 aromatic rings. The van der Waals surface area contributed by atoms with Gasteiger partial charge in [-0.05, 0) is 51.8 Å². The van der Waals surface area contributed by atoms with Gasteiger partial charge in [-0.2, -0.15) is 0 Å². The molecule has 1 aromatic carbocycles. The Balaban J connectivity index is 1.63. The van der Waals surface area contributed by atoms with Gasteiger partial charge in [0.25, 0.3) is 0 Å². The Morgan fingerprint density at radius 1 is 0.815 bits per heavy atom. The second-order valence-corrected chi connectivity index (χ2v) is 14.3. The molecule has 3 aliphatic rings. The van der Waals surface area contributed by atoms with Gasteiger partial charge in [-0.25, -0.2) is 4.79 Å². The van der Waals surface area contributed by atoms with Crippen LogP contribution in [0.5, 0.6) is 5.75 Å². The summed E-state index contributed by atoms with van der Waals surface area (Å²) in [6.45, 7) is 3.27. The number of hydrogen-bond donors (Lipinski definition) is 12. The highest BCUT2D eigenvalue weighted by molar-refractivity contribution is 5.91. The molecule has 54 heavy (non-hydrogen) atoms. The lowest BCUT2D eigenvalue weighted by Crippen LogP contribution is -2.62. The summed E-state index contributed by atoms with van der Waals surface area (Å²) < 4.78 is 33.5. The second-order valence-electron chi connectivity index (χ2n) is 14.3. The average Bonchev–Trinajstić information content (AvgIpc) is 3.37. The van der Waals surface area contributed by atoms with Crippen LogP contribution in [-0.4, -0.2) is 185 Å². The fraction of sp³-hybridized carbons (Fsp3) is 0.686. The van der Waals surface area contributed by atoms with Gasteiger partial charge in [0.05, 0.1) is 24.4 Å². The van der Waals surface area contributed by atoms with Crippen molar-refractivity contribution in [2.45, 2.75) is 125 Å². The van der Waals surface area contributed by atoms with E-state index >= 15 is 0 Å². The maximum Gasteiger partial charge on any atom is 0.338 e. The van der Waals surface area contributed by atoms with Gasteiger partial charge in [0.2, 0.25) is 12.1 Å². The highest BCUT2D eigenvalue weighted by Gasteiger charge is 2.58. The van der Waals surface area contributed by atoms with Crippen LogP contribution < -0.4 is 4.74 Å². The third-order valence-corrected chi connectivity index (χ3v) is 9.18. The third-order valence-electron chi connectivity index (χ3n) is 9.18. The number of benzene rings is 1. The van der Waals surface area contributed by atoms with Gasteiger partial charge in [0.1, 0.15) is 86.1 Å². The Hall–Kier alpha value is -2.67. The van der Waals surface area contributed by atoms with Gasteiger partial charge in [0.15, 0.2) is 6.29 Å². The maximum atomic E-state index is 13.6. The van der Waals surface area contributed by atoms with E-state index in [2.05, 4.69) is 0 Å². The molecule has 19 heteroatoms. The van der Waals surface area contributed by atoms with Gasteiger partial charge < -0.3 is 89.7 Å². The average molecular weight is 777 g/mol. The first-order chi connectivity index (χ1) is 25.3. The van der Waals surface area contributed by atoms with Gasteiger partial charge in [0, 0.05) is 5.56 Å². The SMILES string of the molecule is CC(C)=CCc1cc(C(=O)OC[C@H]2O[C@H](O[C@]3(CO)O[C@H](CO)[C@@H](O)[C@@H]3O)[C@H](O)[C@@H](O)[C@@H]2O)cc(/C=C/C(C)(C)O)c1O[C@@H]1O[C@H](CO)[C@@H](O)[C@H](O)[C@H]1O. The quantitative estimate of drug-likeness (QED) is 0.0632. The van der Waals surface area contributed by atoms with Crippen molar-refractivity contribution < 1.29 is 94.5 Å². The van der Waals surface area contributed by atoms with E-state index in [0.29, 0.717) is 5.56 Å². The Morgan fingerprint density at radius 2 is 1.41 bits per heavy atom. The van der Waals surface area contributed by atoms with E-state index in [0.717, 1.165) is 5.57 Å². The molecule has 3 saturated heterocycles. The summed E-state index contributed by atoms with van der Waals surface area (Å²) >= 11 is 0. The van der Waals surface area contributed by atoms with E-state index in [1.54, 1.807) is 6.08 Å². The standard InChI is InChI=1S/C35H52O19/c1-15(2)5-6-16-9-18(10-17(7-8-34(3,4)48)29(16)52-32-27(44)25(42)22(39)19(11-36)50-32)31(47)49-13-21-23(40)26(43)28(45)33(51-21)54-35(14-38)30(46)24(41)20(12-37)53-35/h5,7-10,19-28,30,32-33,36-46,48H,6,11-14H2,1-4H3/b8-7+/t19-,20-,21-,22-,23-,24-,25+,26+,27-,28-,30+,32+,33-,35+/m1/s1. The molecule has 19 nitrogen and oxygen atoms in total. The smallest absolute Gasteiger partial charge is 0.338 e. The summed E-state index contributed by atoms with van der Waals surface area (Å²) in [6.07, 6.45) is -17.7. The van der Waals surface area contributed by atoms with E-state index in [9.17, 15) is 66.1 Å². The van der Waals surface area contributed by atoms with E-state index < -0.39 is 124 Å². The molecule has 14 atom stereocenters. The monoisotopic (exact) mass is 776 g/mol. The second kappa shape index (κ2) is 18.1. The van der Waals surface area contributed by atoms with E-state index in [4.69, 9.17) is 28.4 Å². The van der Waals surface area contributed by atoms with Crippen molar-refractivity contribution in [2.24, 2.45) is 0 Å². The molecule has 0 bridgehead atoms. The molecule has 0 unspecified atom stereocenters. The number of carbonyl (C=O) groups excluding carboxylic acids is 1. The minimum absolute atomic E-state index is 0.0414. The largest absolute Gasteiger partial charge is 0.461 e. The van der Waals surface area contributed by atoms with Crippen molar-refractivity contribution in [2.75, 3.05) is 26.4 Å². The molecule has 12 N–H and O–H groups in total. The number of carbonyl (C=O) groups is 1. The van der Waals surface area contributed by atoms with Crippen LogP contribution in [0.3, 0.4) is 0 Å². The normalized spacial score (nSPS) is 37.4. The van der Waals surface area contributed by atoms with Gasteiger partial charge >= 0.3 is 5.97 Å². The fourth-order valence-electron chi connectivity index (χ4n) is 6.00. The topological polar surface area (TPSA) is 315 Å². The Morgan fingerprint density at radius 3 is 1.96 bits per heavy atom. The first kappa shape index (κ1) is 44.0. The summed E-state index contributed by atoms with van der Waals surface area (Å²) in [6, 6.07) is 2.70. The predicted octanol–water partition coefficient (Wildman–Crippen LogP) is -4.06. The number of hydrogen-bond acceptors (Lipinski definition) is 19. The minimum Gasteiger partial charge on any atom is -0.461 e. The predicted molar refractivity (Wildman–Crippen MR) is 181 cm³/mol. The number of esters is 1. The van der Waals surface area contributed by atoms with E-state index in [-0.39, 0.29) is 23.3 Å². The summed E-state index contributed by atoms with van der Waals surface area (Å²) in [5, 5.41) is 123. The van der Waals surface area contributed by atoms with Crippen molar-refractivity contribution in [3.63, 3.8) is 0 Å². The van der Waals surface area contributed by atoms with Crippen molar-refractivity contribution in [1.29, 1.82) is 0 Å². The molecule has 0 aromatic heterocycles. The van der Waals surface area contributed by atoms with Crippen LogP contribution in [0.15, 0.2) is 29.9 Å². The number of aliphatic hydroxyl groups is 12. The van der Waals surface area contributed by atoms with Crippen LogP contribution in [0.1, 0.15) is 49.2 Å². The lowest BCUT2D eigenvalue weighted by Gasteiger charge is -2.43. The summed E-state index contributed by atoms with van der Waals surface area (Å²) in [7, 11) is 0. The number of ether oxygens (including phenoxy) is 6. The zero-order valence-electron chi connectivity index (χ0n) is 30.2. The number of aliphatic hydroxyl groups excluding tert-OH is 11. The van der Waals surface area contributed by atoms with Crippen molar-refractivity contribution in [3.8, 4) is 5.75 Å². The Kier molecular flexibility index (Phi) is 14.7. The maximum absolute atomic E-state index is 13.6. The first-order valence-electron chi connectivity index (χ1n) is 17.3. The molecular weight excluding hydrogens is 724 g/mol. The highest BCUT2D eigenvalue weighted by Crippen LogP contribution is 2.37. The van der Waals surface area contributed by atoms with Crippen molar-refractivity contribution in [3.05, 3.63) is 46.5 Å². The fourth-order valence-corrected chi connectivity index (χ4v) is 6.00. The lowest BCUT2D eigenvalue weighted by molar-refractivity contribution is -0.383. The summed E-state index contributed by atoms with van der Waals surface area (Å²) in [5.74, 6) is -3.37. The molecule has 3 heterocycles. The molecule has 3 fully saturated rings. The van der Waals surface area contributed by atoms with Crippen LogP contribution in [0.2, 0.25) is 0 Å². The minimum atomic E-state index is -2.42. The number of allylic oxidation sites excluding steroid dienone is 2. The lowest BCUT2D eigenvalue weighted by atomic mass is 9.97. The highest BCUT2D eigenvalue weighted by atomic mass is 16.8. The molecule has 0 radical (unpaired) electrons. The number of rotatable bonds is 14. The molecule has 4 rings (SSSR count). The van der Waals surface area contributed by atoms with Crippen molar-refractivity contribution >= 4 is 12.0 Å². The molecular formula is C35H52O19. The molecule has 0 saturated carbocycles. The van der Waals surface area contributed by atoms with Crippen LogP contribution in [0.4, 0.5) is 0 Å². The summed E-state index contributed by atoms with van der Waals surface area (Å²) in [4.78, 5) is 13.6. The van der Waals surface area contributed by atoms with Crippen LogP contribution in [0.25, 0.3) is 6.08 Å². The van der Waals surface area contributed by atoms with Crippen molar-refractivity contribution in [1.82, 2.24) is 0 Å². The van der Waals surface area contributed by atoms with Gasteiger partial charge in [-0.1, -0.05) is 23.8 Å². The van der Waals surface area contributed by atoms with E-state index in [1.165, 1.54) is 38.1 Å². The zero-order chi connectivity index (χ0) is 40.3. The molecule has 0 spiro atoms. The zero-order valence-corrected chi connectivity index (χ0v) is 30.2. The van der Waals surface area contributed by atoms with Crippen LogP contribution in [0, 0.1) is 0 Å². The summed E-state index contributed by atoms with van der Waals surface area (Å²) in [5.41, 5.74) is -0.0914. The van der Waals surface area contributed by atoms with Gasteiger partial charge in [-0.3, -0.25) is 0 Å². The molecule has 0 aliphatic carbocycles. The molecule has 306 valence electrons. The molecule has 0 amide bonds. The van der Waals surface area contributed by atoms with Crippen LogP contribution >= 0.6 is 0 Å². The van der Waals surface area contributed by atoms with E-state index in [1.807, 2.05) is 13.8 Å².